The van der Waals surface area contributed by atoms with Crippen molar-refractivity contribution < 1.29 is 14.6 Å². The molecule has 3 rings (SSSR count). The Morgan fingerprint density at radius 1 is 0.900 bits per heavy atom. The van der Waals surface area contributed by atoms with Gasteiger partial charge in [0.2, 0.25) is 0 Å². The fourth-order valence-corrected chi connectivity index (χ4v) is 3.40. The number of aryl methyl sites for hydroxylation is 1. The van der Waals surface area contributed by atoms with Crippen LogP contribution < -0.4 is 0 Å². The lowest BCUT2D eigenvalue weighted by atomic mass is 9.93. The fraction of sp³-hybridized carbons (Fsp3) is 0.222. The molecule has 0 bridgehead atoms. The molecule has 1 N–H and O–H groups in total. The van der Waals surface area contributed by atoms with Gasteiger partial charge in [-0.05, 0) is 53.1 Å². The molecular formula is C27H28O3. The number of aliphatic hydroxyl groups is 1. The van der Waals surface area contributed by atoms with E-state index >= 15 is 0 Å². The second-order valence-electron chi connectivity index (χ2n) is 7.43. The standard InChI is InChI=1S/C27H28O3/c1-20(2)27(29)30-18-16-25-19-24(22-8-4-3-5-9-22)14-15-26(25)23-12-10-21(11-13-23)7-6-17-28/h3-5,8-15,19,28H,1,6-7,16-18H2,2H3. The van der Waals surface area contributed by atoms with Gasteiger partial charge in [0.1, 0.15) is 0 Å². The average Bonchev–Trinajstić information content (AvgIpc) is 2.78. The van der Waals surface area contributed by atoms with Crippen molar-refractivity contribution in [3.8, 4) is 22.3 Å². The summed E-state index contributed by atoms with van der Waals surface area (Å²) in [5, 5.41) is 9.03. The average molecular weight is 401 g/mol. The van der Waals surface area contributed by atoms with E-state index in [1.807, 2.05) is 18.2 Å². The van der Waals surface area contributed by atoms with Gasteiger partial charge in [-0.3, -0.25) is 0 Å². The van der Waals surface area contributed by atoms with Gasteiger partial charge in [-0.15, -0.1) is 0 Å². The van der Waals surface area contributed by atoms with Crippen LogP contribution in [0.2, 0.25) is 0 Å². The topological polar surface area (TPSA) is 46.5 Å². The first-order chi connectivity index (χ1) is 14.6. The number of benzene rings is 3. The van der Waals surface area contributed by atoms with E-state index in [-0.39, 0.29) is 12.6 Å². The maximum absolute atomic E-state index is 11.8. The van der Waals surface area contributed by atoms with Crippen LogP contribution in [-0.2, 0) is 22.4 Å². The van der Waals surface area contributed by atoms with Gasteiger partial charge in [0.25, 0.3) is 0 Å². The zero-order chi connectivity index (χ0) is 21.3. The summed E-state index contributed by atoms with van der Waals surface area (Å²) in [6.45, 7) is 5.81. The van der Waals surface area contributed by atoms with Crippen molar-refractivity contribution in [1.82, 2.24) is 0 Å². The predicted octanol–water partition coefficient (Wildman–Crippen LogP) is 5.61. The van der Waals surface area contributed by atoms with Crippen molar-refractivity contribution >= 4 is 5.97 Å². The van der Waals surface area contributed by atoms with E-state index in [1.165, 1.54) is 5.56 Å². The van der Waals surface area contributed by atoms with Crippen LogP contribution in [0.15, 0.2) is 84.9 Å². The van der Waals surface area contributed by atoms with Crippen molar-refractivity contribution in [3.05, 3.63) is 96.1 Å². The van der Waals surface area contributed by atoms with Crippen molar-refractivity contribution in [3.63, 3.8) is 0 Å². The van der Waals surface area contributed by atoms with Crippen LogP contribution in [0, 0.1) is 0 Å². The summed E-state index contributed by atoms with van der Waals surface area (Å²) in [4.78, 5) is 11.8. The van der Waals surface area contributed by atoms with Crippen molar-refractivity contribution in [2.45, 2.75) is 26.2 Å². The largest absolute Gasteiger partial charge is 0.462 e. The normalized spacial score (nSPS) is 10.6. The molecule has 154 valence electrons. The molecule has 0 aliphatic heterocycles. The molecule has 0 aliphatic carbocycles. The molecule has 0 amide bonds. The summed E-state index contributed by atoms with van der Waals surface area (Å²) in [6, 6.07) is 25.2. The minimum Gasteiger partial charge on any atom is -0.462 e. The van der Waals surface area contributed by atoms with E-state index < -0.39 is 0 Å². The molecule has 0 aromatic heterocycles. The molecule has 3 heteroatoms. The smallest absolute Gasteiger partial charge is 0.333 e. The lowest BCUT2D eigenvalue weighted by Crippen LogP contribution is -2.08. The Bertz CT molecular complexity index is 988. The summed E-state index contributed by atoms with van der Waals surface area (Å²) in [5.74, 6) is -0.357. The summed E-state index contributed by atoms with van der Waals surface area (Å²) in [6.07, 6.45) is 2.26. The van der Waals surface area contributed by atoms with Crippen LogP contribution in [0.5, 0.6) is 0 Å². The summed E-state index contributed by atoms with van der Waals surface area (Å²) in [7, 11) is 0. The quantitative estimate of drug-likeness (QED) is 0.375. The Kier molecular flexibility index (Phi) is 7.58. The van der Waals surface area contributed by atoms with E-state index in [0.717, 1.165) is 40.7 Å². The molecule has 0 aliphatic rings. The van der Waals surface area contributed by atoms with Gasteiger partial charge in [-0.25, -0.2) is 4.79 Å². The Morgan fingerprint density at radius 3 is 2.27 bits per heavy atom. The molecular weight excluding hydrogens is 372 g/mol. The molecule has 0 unspecified atom stereocenters. The van der Waals surface area contributed by atoms with Gasteiger partial charge in [0.05, 0.1) is 6.61 Å². The molecule has 0 spiro atoms. The van der Waals surface area contributed by atoms with E-state index in [9.17, 15) is 4.79 Å². The van der Waals surface area contributed by atoms with Gasteiger partial charge >= 0.3 is 5.97 Å². The van der Waals surface area contributed by atoms with Gasteiger partial charge < -0.3 is 9.84 Å². The second kappa shape index (κ2) is 10.6. The lowest BCUT2D eigenvalue weighted by Gasteiger charge is -2.14. The van der Waals surface area contributed by atoms with Gasteiger partial charge in [-0.1, -0.05) is 79.4 Å². The molecule has 3 aromatic rings. The predicted molar refractivity (Wildman–Crippen MR) is 122 cm³/mol. The monoisotopic (exact) mass is 400 g/mol. The van der Waals surface area contributed by atoms with Crippen molar-refractivity contribution in [1.29, 1.82) is 0 Å². The number of aliphatic hydroxyl groups excluding tert-OH is 1. The Labute approximate surface area is 178 Å². The van der Waals surface area contributed by atoms with E-state index in [2.05, 4.69) is 61.2 Å². The SMILES string of the molecule is C=C(C)C(=O)OCCc1cc(-c2ccccc2)ccc1-c1ccc(CCCO)cc1. The number of rotatable bonds is 9. The molecule has 0 saturated carbocycles. The van der Waals surface area contributed by atoms with Crippen LogP contribution in [0.1, 0.15) is 24.5 Å². The lowest BCUT2D eigenvalue weighted by molar-refractivity contribution is -0.138. The number of esters is 1. The van der Waals surface area contributed by atoms with Crippen molar-refractivity contribution in [2.24, 2.45) is 0 Å². The van der Waals surface area contributed by atoms with Crippen LogP contribution >= 0.6 is 0 Å². The molecule has 0 saturated heterocycles. The number of carbonyl (C=O) groups is 1. The molecule has 0 fully saturated rings. The van der Waals surface area contributed by atoms with Gasteiger partial charge in [0.15, 0.2) is 0 Å². The highest BCUT2D eigenvalue weighted by Gasteiger charge is 2.10. The first-order valence-electron chi connectivity index (χ1n) is 10.3. The number of hydrogen-bond donors (Lipinski definition) is 1. The third-order valence-corrected chi connectivity index (χ3v) is 5.05. The summed E-state index contributed by atoms with van der Waals surface area (Å²) >= 11 is 0. The Morgan fingerprint density at radius 2 is 1.60 bits per heavy atom. The Balaban J connectivity index is 1.88. The van der Waals surface area contributed by atoms with E-state index in [1.54, 1.807) is 6.92 Å². The maximum Gasteiger partial charge on any atom is 0.333 e. The number of ether oxygens (including phenoxy) is 1. The highest BCUT2D eigenvalue weighted by Crippen LogP contribution is 2.30. The minimum atomic E-state index is -0.357. The zero-order valence-electron chi connectivity index (χ0n) is 17.4. The molecule has 3 nitrogen and oxygen atoms in total. The maximum atomic E-state index is 11.8. The molecule has 0 radical (unpaired) electrons. The zero-order valence-corrected chi connectivity index (χ0v) is 17.4. The van der Waals surface area contributed by atoms with Gasteiger partial charge in [-0.2, -0.15) is 0 Å². The molecule has 0 atom stereocenters. The molecule has 30 heavy (non-hydrogen) atoms. The first-order valence-corrected chi connectivity index (χ1v) is 10.3. The van der Waals surface area contributed by atoms with Crippen LogP contribution in [0.3, 0.4) is 0 Å². The number of carbonyl (C=O) groups excluding carboxylic acids is 1. The number of hydrogen-bond acceptors (Lipinski definition) is 3. The third-order valence-electron chi connectivity index (χ3n) is 5.05. The highest BCUT2D eigenvalue weighted by molar-refractivity contribution is 5.87. The van der Waals surface area contributed by atoms with Gasteiger partial charge in [0, 0.05) is 18.6 Å². The highest BCUT2D eigenvalue weighted by atomic mass is 16.5. The third kappa shape index (κ3) is 5.68. The van der Waals surface area contributed by atoms with E-state index in [4.69, 9.17) is 9.84 Å². The molecule has 0 heterocycles. The fourth-order valence-electron chi connectivity index (χ4n) is 3.40. The van der Waals surface area contributed by atoms with Crippen LogP contribution in [0.4, 0.5) is 0 Å². The van der Waals surface area contributed by atoms with Crippen LogP contribution in [-0.4, -0.2) is 24.3 Å². The van der Waals surface area contributed by atoms with Crippen molar-refractivity contribution in [2.75, 3.05) is 13.2 Å². The van der Waals surface area contributed by atoms with E-state index in [0.29, 0.717) is 18.6 Å². The Hall–Kier alpha value is -3.17. The summed E-state index contributed by atoms with van der Waals surface area (Å²) in [5.41, 5.74) is 7.31. The summed E-state index contributed by atoms with van der Waals surface area (Å²) < 4.78 is 5.35. The molecule has 3 aromatic carbocycles. The second-order valence-corrected chi connectivity index (χ2v) is 7.43. The first kappa shape index (κ1) is 21.5. The van der Waals surface area contributed by atoms with Crippen LogP contribution in [0.25, 0.3) is 22.3 Å². The minimum absolute atomic E-state index is 0.204.